The lowest BCUT2D eigenvalue weighted by molar-refractivity contribution is 0.452. The van der Waals surface area contributed by atoms with Gasteiger partial charge in [-0.3, -0.25) is 0 Å². The summed E-state index contributed by atoms with van der Waals surface area (Å²) >= 11 is 0. The van der Waals surface area contributed by atoms with Crippen LogP contribution in [0.3, 0.4) is 0 Å². The van der Waals surface area contributed by atoms with Crippen LogP contribution in [0.1, 0.15) is 41.5 Å². The van der Waals surface area contributed by atoms with Gasteiger partial charge >= 0.3 is 0 Å². The number of para-hydroxylation sites is 1. The van der Waals surface area contributed by atoms with E-state index in [-0.39, 0.29) is 0 Å². The van der Waals surface area contributed by atoms with E-state index in [0.717, 1.165) is 44.2 Å². The molecule has 1 aromatic carbocycles. The average molecular weight is 347 g/mol. The number of fused-ring (bicyclic) bond motifs is 3. The predicted molar refractivity (Wildman–Crippen MR) is 105 cm³/mol. The molecule has 0 aliphatic carbocycles. The van der Waals surface area contributed by atoms with Gasteiger partial charge in [0.1, 0.15) is 11.6 Å². The van der Waals surface area contributed by atoms with Crippen molar-refractivity contribution < 1.29 is 0 Å². The fourth-order valence-corrected chi connectivity index (χ4v) is 4.43. The molecule has 5 rings (SSSR count). The molecule has 26 heavy (non-hydrogen) atoms. The van der Waals surface area contributed by atoms with Crippen LogP contribution < -0.4 is 10.2 Å². The lowest BCUT2D eigenvalue weighted by Gasteiger charge is -2.29. The second-order valence-corrected chi connectivity index (χ2v) is 7.52. The summed E-state index contributed by atoms with van der Waals surface area (Å²) in [6.45, 7) is 6.12. The molecule has 2 aromatic heterocycles. The van der Waals surface area contributed by atoms with Crippen molar-refractivity contribution >= 4 is 16.7 Å². The first-order chi connectivity index (χ1) is 12.8. The maximum absolute atomic E-state index is 4.78. The van der Waals surface area contributed by atoms with Crippen LogP contribution in [0.5, 0.6) is 0 Å². The molecule has 4 heterocycles. The highest BCUT2D eigenvalue weighted by atomic mass is 15.2. The minimum Gasteiger partial charge on any atom is -0.358 e. The van der Waals surface area contributed by atoms with Crippen LogP contribution in [0.15, 0.2) is 30.3 Å². The van der Waals surface area contributed by atoms with E-state index in [1.165, 1.54) is 40.7 Å². The minimum absolute atomic E-state index is 0.560. The number of aryl methyl sites for hydroxylation is 1. The van der Waals surface area contributed by atoms with E-state index in [1.54, 1.807) is 0 Å². The largest absolute Gasteiger partial charge is 0.358 e. The van der Waals surface area contributed by atoms with Gasteiger partial charge in [0, 0.05) is 59.3 Å². The van der Waals surface area contributed by atoms with E-state index in [1.807, 2.05) is 6.92 Å². The summed E-state index contributed by atoms with van der Waals surface area (Å²) in [5.41, 5.74) is 5.27. The van der Waals surface area contributed by atoms with E-state index in [0.29, 0.717) is 5.92 Å². The molecule has 5 heteroatoms. The van der Waals surface area contributed by atoms with Crippen molar-refractivity contribution in [1.29, 1.82) is 0 Å². The smallest absolute Gasteiger partial charge is 0.132 e. The van der Waals surface area contributed by atoms with Crippen LogP contribution >= 0.6 is 0 Å². The van der Waals surface area contributed by atoms with Gasteiger partial charge in [-0.05, 0) is 38.9 Å². The molecule has 0 unspecified atom stereocenters. The number of rotatable bonds is 2. The Morgan fingerprint density at radius 3 is 2.85 bits per heavy atom. The molecule has 1 saturated heterocycles. The number of aromatic amines is 1. The Hall–Kier alpha value is -2.40. The van der Waals surface area contributed by atoms with Gasteiger partial charge in [-0.1, -0.05) is 18.2 Å². The second kappa shape index (κ2) is 6.40. The van der Waals surface area contributed by atoms with E-state index < -0.39 is 0 Å². The van der Waals surface area contributed by atoms with Gasteiger partial charge < -0.3 is 15.2 Å². The Morgan fingerprint density at radius 1 is 1.12 bits per heavy atom. The van der Waals surface area contributed by atoms with Crippen LogP contribution in [0, 0.1) is 6.92 Å². The SMILES string of the molecule is Cc1nc(C2CCNCC2)cc(N2CCc3[nH]c4ccccc4c3C2)n1. The molecule has 0 amide bonds. The molecule has 3 aromatic rings. The number of nitrogens with one attached hydrogen (secondary N) is 2. The minimum atomic E-state index is 0.560. The van der Waals surface area contributed by atoms with Gasteiger partial charge in [-0.2, -0.15) is 0 Å². The fraction of sp³-hybridized carbons (Fsp3) is 0.429. The lowest BCUT2D eigenvalue weighted by atomic mass is 9.94. The summed E-state index contributed by atoms with van der Waals surface area (Å²) in [5.74, 6) is 2.54. The van der Waals surface area contributed by atoms with Crippen LogP contribution in [-0.2, 0) is 13.0 Å². The van der Waals surface area contributed by atoms with Crippen molar-refractivity contribution in [3.05, 3.63) is 53.1 Å². The van der Waals surface area contributed by atoms with Crippen molar-refractivity contribution in [2.24, 2.45) is 0 Å². The highest BCUT2D eigenvalue weighted by Crippen LogP contribution is 2.31. The monoisotopic (exact) mass is 347 g/mol. The molecule has 2 N–H and O–H groups in total. The summed E-state index contributed by atoms with van der Waals surface area (Å²) < 4.78 is 0. The van der Waals surface area contributed by atoms with Crippen molar-refractivity contribution in [1.82, 2.24) is 20.3 Å². The molecular formula is C21H25N5. The molecule has 2 aliphatic heterocycles. The van der Waals surface area contributed by atoms with Crippen molar-refractivity contribution in [3.63, 3.8) is 0 Å². The summed E-state index contributed by atoms with van der Waals surface area (Å²) in [6, 6.07) is 10.9. The number of H-pyrrole nitrogens is 1. The highest BCUT2D eigenvalue weighted by molar-refractivity contribution is 5.85. The van der Waals surface area contributed by atoms with Crippen LogP contribution in [0.25, 0.3) is 10.9 Å². The third kappa shape index (κ3) is 2.76. The molecule has 0 spiro atoms. The highest BCUT2D eigenvalue weighted by Gasteiger charge is 2.24. The average Bonchev–Trinajstić information content (AvgIpc) is 3.06. The molecule has 1 fully saturated rings. The van der Waals surface area contributed by atoms with E-state index in [9.17, 15) is 0 Å². The summed E-state index contributed by atoms with van der Waals surface area (Å²) in [6.07, 6.45) is 3.38. The molecule has 0 radical (unpaired) electrons. The standard InChI is InChI=1S/C21H25N5/c1-14-23-20(15-6-9-22-10-7-15)12-21(24-14)26-11-8-19-17(13-26)16-4-2-3-5-18(16)25-19/h2-5,12,15,22,25H,6-11,13H2,1H3. The number of aromatic nitrogens is 3. The molecular weight excluding hydrogens is 322 g/mol. The summed E-state index contributed by atoms with van der Waals surface area (Å²) in [7, 11) is 0. The summed E-state index contributed by atoms with van der Waals surface area (Å²) in [4.78, 5) is 15.6. The van der Waals surface area contributed by atoms with Crippen LogP contribution in [0.2, 0.25) is 0 Å². The first-order valence-electron chi connectivity index (χ1n) is 9.67. The van der Waals surface area contributed by atoms with Gasteiger partial charge in [-0.25, -0.2) is 9.97 Å². The summed E-state index contributed by atoms with van der Waals surface area (Å²) in [5, 5.41) is 4.79. The van der Waals surface area contributed by atoms with Crippen molar-refractivity contribution in [3.8, 4) is 0 Å². The van der Waals surface area contributed by atoms with Gasteiger partial charge in [0.2, 0.25) is 0 Å². The normalized spacial score (nSPS) is 18.3. The van der Waals surface area contributed by atoms with E-state index >= 15 is 0 Å². The quantitative estimate of drug-likeness (QED) is 0.747. The van der Waals surface area contributed by atoms with Gasteiger partial charge in [0.15, 0.2) is 0 Å². The first-order valence-corrected chi connectivity index (χ1v) is 9.67. The Labute approximate surface area is 153 Å². The fourth-order valence-electron chi connectivity index (χ4n) is 4.43. The Balaban J connectivity index is 1.48. The maximum atomic E-state index is 4.78. The Bertz CT molecular complexity index is 939. The van der Waals surface area contributed by atoms with Gasteiger partial charge in [-0.15, -0.1) is 0 Å². The number of nitrogens with zero attached hydrogens (tertiary/aromatic N) is 3. The number of benzene rings is 1. The molecule has 5 nitrogen and oxygen atoms in total. The molecule has 2 aliphatic rings. The zero-order valence-electron chi connectivity index (χ0n) is 15.3. The Kier molecular flexibility index (Phi) is 3.89. The zero-order chi connectivity index (χ0) is 17.5. The molecule has 0 saturated carbocycles. The first kappa shape index (κ1) is 15.8. The number of hydrogen-bond donors (Lipinski definition) is 2. The van der Waals surface area contributed by atoms with Crippen molar-refractivity contribution in [2.75, 3.05) is 24.5 Å². The molecule has 0 atom stereocenters. The number of anilines is 1. The maximum Gasteiger partial charge on any atom is 0.132 e. The molecule has 134 valence electrons. The third-order valence-corrected chi connectivity index (χ3v) is 5.81. The number of piperidine rings is 1. The van der Waals surface area contributed by atoms with Crippen LogP contribution in [-0.4, -0.2) is 34.6 Å². The van der Waals surface area contributed by atoms with Crippen molar-refractivity contribution in [2.45, 2.75) is 38.6 Å². The number of hydrogen-bond acceptors (Lipinski definition) is 4. The van der Waals surface area contributed by atoms with E-state index in [4.69, 9.17) is 9.97 Å². The van der Waals surface area contributed by atoms with Gasteiger partial charge in [0.05, 0.1) is 0 Å². The third-order valence-electron chi connectivity index (χ3n) is 5.81. The second-order valence-electron chi connectivity index (χ2n) is 7.52. The van der Waals surface area contributed by atoms with E-state index in [2.05, 4.69) is 45.5 Å². The predicted octanol–water partition coefficient (Wildman–Crippen LogP) is 3.30. The van der Waals surface area contributed by atoms with Crippen LogP contribution in [0.4, 0.5) is 5.82 Å². The Morgan fingerprint density at radius 2 is 1.96 bits per heavy atom. The van der Waals surface area contributed by atoms with Gasteiger partial charge in [0.25, 0.3) is 0 Å². The topological polar surface area (TPSA) is 56.8 Å². The lowest BCUT2D eigenvalue weighted by Crippen LogP contribution is -2.31. The zero-order valence-corrected chi connectivity index (χ0v) is 15.3. The molecule has 0 bridgehead atoms.